The van der Waals surface area contributed by atoms with Crippen molar-refractivity contribution in [2.75, 3.05) is 0 Å². The summed E-state index contributed by atoms with van der Waals surface area (Å²) >= 11 is 0. The zero-order valence-corrected chi connectivity index (χ0v) is 19.0. The summed E-state index contributed by atoms with van der Waals surface area (Å²) in [6.07, 6.45) is 2.38. The fourth-order valence-electron chi connectivity index (χ4n) is 4.19. The van der Waals surface area contributed by atoms with E-state index in [9.17, 15) is 24.8 Å². The zero-order valence-electron chi connectivity index (χ0n) is 19.0. The fraction of sp³-hybridized carbons (Fsp3) is 0.222. The molecular weight excluding hydrogens is 430 g/mol. The lowest BCUT2D eigenvalue weighted by atomic mass is 9.91. The van der Waals surface area contributed by atoms with Crippen LogP contribution in [0.25, 0.3) is 11.1 Å². The van der Waals surface area contributed by atoms with Crippen molar-refractivity contribution in [3.05, 3.63) is 88.0 Å². The van der Waals surface area contributed by atoms with Gasteiger partial charge < -0.3 is 9.67 Å². The van der Waals surface area contributed by atoms with E-state index in [1.165, 1.54) is 6.92 Å². The molecular formula is C27H23N3O4. The van der Waals surface area contributed by atoms with E-state index in [0.717, 1.165) is 24.0 Å². The van der Waals surface area contributed by atoms with Crippen LogP contribution in [0.15, 0.2) is 59.7 Å². The molecule has 0 bridgehead atoms. The molecule has 0 amide bonds. The molecule has 1 aliphatic carbocycles. The van der Waals surface area contributed by atoms with Crippen molar-refractivity contribution in [1.82, 2.24) is 9.55 Å². The van der Waals surface area contributed by atoms with Gasteiger partial charge in [0.15, 0.2) is 0 Å². The predicted molar refractivity (Wildman–Crippen MR) is 126 cm³/mol. The number of imidazole rings is 1. The number of carbonyl (C=O) groups is 3. The highest BCUT2D eigenvalue weighted by atomic mass is 16.4. The Kier molecular flexibility index (Phi) is 6.24. The SMILES string of the molecule is CCCCc1nc2c(n1Cc1ccc(-c3ccccc3C(=O)O)cc1)C(=O)C(C)=C(C#N)C2=O. The van der Waals surface area contributed by atoms with Gasteiger partial charge in [-0.2, -0.15) is 5.26 Å². The average Bonchev–Trinajstić information content (AvgIpc) is 3.20. The highest BCUT2D eigenvalue weighted by molar-refractivity contribution is 6.27. The van der Waals surface area contributed by atoms with Crippen LogP contribution in [0.1, 0.15) is 69.4 Å². The summed E-state index contributed by atoms with van der Waals surface area (Å²) in [7, 11) is 0. The van der Waals surface area contributed by atoms with Crippen LogP contribution in [0.4, 0.5) is 0 Å². The largest absolute Gasteiger partial charge is 0.478 e. The van der Waals surface area contributed by atoms with E-state index in [1.807, 2.05) is 30.3 Å². The van der Waals surface area contributed by atoms with Gasteiger partial charge in [0.05, 0.1) is 5.56 Å². The molecule has 2 aromatic carbocycles. The molecule has 7 nitrogen and oxygen atoms in total. The van der Waals surface area contributed by atoms with Crippen molar-refractivity contribution in [2.45, 2.75) is 39.7 Å². The number of benzene rings is 2. The molecule has 1 aromatic heterocycles. The highest BCUT2D eigenvalue weighted by Gasteiger charge is 2.36. The van der Waals surface area contributed by atoms with Gasteiger partial charge in [-0.05, 0) is 36.1 Å². The molecule has 1 heterocycles. The third kappa shape index (κ3) is 3.95. The number of allylic oxidation sites excluding steroid dienone is 2. The van der Waals surface area contributed by atoms with Crippen LogP contribution in [-0.4, -0.2) is 32.2 Å². The average molecular weight is 453 g/mol. The minimum absolute atomic E-state index is 0.0465. The number of aromatic nitrogens is 2. The Hall–Kier alpha value is -4.31. The second kappa shape index (κ2) is 9.28. The van der Waals surface area contributed by atoms with Crippen LogP contribution in [0.2, 0.25) is 0 Å². The summed E-state index contributed by atoms with van der Waals surface area (Å²) < 4.78 is 1.78. The zero-order chi connectivity index (χ0) is 24.4. The first-order chi connectivity index (χ1) is 16.4. The van der Waals surface area contributed by atoms with E-state index in [1.54, 1.807) is 28.8 Å². The second-order valence-electron chi connectivity index (χ2n) is 8.23. The molecule has 1 aliphatic rings. The Balaban J connectivity index is 1.73. The van der Waals surface area contributed by atoms with Crippen LogP contribution in [-0.2, 0) is 13.0 Å². The summed E-state index contributed by atoms with van der Waals surface area (Å²) in [6.45, 7) is 3.88. The molecule has 0 spiro atoms. The number of nitrogens with zero attached hydrogens (tertiary/aromatic N) is 3. The summed E-state index contributed by atoms with van der Waals surface area (Å²) in [4.78, 5) is 42.0. The van der Waals surface area contributed by atoms with Gasteiger partial charge in [0.25, 0.3) is 0 Å². The number of hydrogen-bond donors (Lipinski definition) is 1. The Bertz CT molecular complexity index is 1390. The topological polar surface area (TPSA) is 113 Å². The maximum atomic E-state index is 13.1. The minimum Gasteiger partial charge on any atom is -0.478 e. The molecule has 0 aliphatic heterocycles. The molecule has 1 N–H and O–H groups in total. The van der Waals surface area contributed by atoms with E-state index >= 15 is 0 Å². The number of rotatable bonds is 7. The molecule has 0 saturated carbocycles. The van der Waals surface area contributed by atoms with Crippen LogP contribution in [0.5, 0.6) is 0 Å². The van der Waals surface area contributed by atoms with E-state index in [0.29, 0.717) is 24.4 Å². The monoisotopic (exact) mass is 453 g/mol. The first-order valence-electron chi connectivity index (χ1n) is 11.1. The molecule has 0 radical (unpaired) electrons. The van der Waals surface area contributed by atoms with Crippen LogP contribution >= 0.6 is 0 Å². The maximum Gasteiger partial charge on any atom is 0.336 e. The smallest absolute Gasteiger partial charge is 0.336 e. The maximum absolute atomic E-state index is 13.1. The summed E-state index contributed by atoms with van der Waals surface area (Å²) in [5.74, 6) is -1.21. The quantitative estimate of drug-likeness (QED) is 0.547. The third-order valence-electron chi connectivity index (χ3n) is 6.05. The molecule has 0 atom stereocenters. The van der Waals surface area contributed by atoms with Gasteiger partial charge >= 0.3 is 5.97 Å². The molecule has 4 rings (SSSR count). The molecule has 34 heavy (non-hydrogen) atoms. The van der Waals surface area contributed by atoms with Crippen molar-refractivity contribution >= 4 is 17.5 Å². The van der Waals surface area contributed by atoms with Crippen molar-refractivity contribution < 1.29 is 19.5 Å². The third-order valence-corrected chi connectivity index (χ3v) is 6.05. The van der Waals surface area contributed by atoms with Gasteiger partial charge in [0.2, 0.25) is 11.6 Å². The van der Waals surface area contributed by atoms with E-state index < -0.39 is 11.8 Å². The lowest BCUT2D eigenvalue weighted by molar-refractivity contribution is 0.0697. The van der Waals surface area contributed by atoms with Gasteiger partial charge in [0, 0.05) is 18.5 Å². The number of Topliss-reactive ketones (excluding diaryl/α,β-unsaturated/α-hetero) is 2. The predicted octanol–water partition coefficient (Wildman–Crippen LogP) is 4.86. The van der Waals surface area contributed by atoms with Crippen LogP contribution in [0.3, 0.4) is 0 Å². The molecule has 3 aromatic rings. The molecule has 0 saturated heterocycles. The van der Waals surface area contributed by atoms with Crippen LogP contribution < -0.4 is 0 Å². The number of nitriles is 1. The number of hydrogen-bond acceptors (Lipinski definition) is 5. The Morgan fingerprint density at radius 1 is 1.09 bits per heavy atom. The fourth-order valence-corrected chi connectivity index (χ4v) is 4.19. The van der Waals surface area contributed by atoms with Gasteiger partial charge in [-0.1, -0.05) is 55.8 Å². The normalized spacial score (nSPS) is 13.1. The summed E-state index contributed by atoms with van der Waals surface area (Å²) in [5, 5.41) is 18.8. The number of fused-ring (bicyclic) bond motifs is 1. The van der Waals surface area contributed by atoms with Crippen LogP contribution in [0, 0.1) is 11.3 Å². The standard InChI is InChI=1S/C27H23N3O4/c1-3-4-9-22-29-23-24(25(31)16(2)21(14-28)26(23)32)30(22)15-17-10-12-18(13-11-17)19-7-5-6-8-20(19)27(33)34/h5-8,10-13H,3-4,9,15H2,1-2H3,(H,33,34). The Morgan fingerprint density at radius 3 is 2.44 bits per heavy atom. The number of aryl methyl sites for hydroxylation is 1. The second-order valence-corrected chi connectivity index (χ2v) is 8.23. The molecule has 7 heteroatoms. The molecule has 0 fully saturated rings. The highest BCUT2D eigenvalue weighted by Crippen LogP contribution is 2.29. The van der Waals surface area contributed by atoms with E-state index in [-0.39, 0.29) is 33.9 Å². The van der Waals surface area contributed by atoms with Crippen molar-refractivity contribution in [2.24, 2.45) is 0 Å². The number of ketones is 2. The lowest BCUT2D eigenvalue weighted by Crippen LogP contribution is -2.23. The first kappa shape index (κ1) is 22.9. The van der Waals surface area contributed by atoms with Gasteiger partial charge in [0.1, 0.15) is 28.9 Å². The molecule has 0 unspecified atom stereocenters. The van der Waals surface area contributed by atoms with Gasteiger partial charge in [-0.15, -0.1) is 0 Å². The lowest BCUT2D eigenvalue weighted by Gasteiger charge is -2.16. The number of unbranched alkanes of at least 4 members (excludes halogenated alkanes) is 1. The van der Waals surface area contributed by atoms with Gasteiger partial charge in [-0.3, -0.25) is 9.59 Å². The minimum atomic E-state index is -0.992. The Labute approximate surface area is 197 Å². The Morgan fingerprint density at radius 2 is 1.79 bits per heavy atom. The number of carboxylic acid groups (broad SMARTS) is 1. The number of aromatic carboxylic acids is 1. The van der Waals surface area contributed by atoms with E-state index in [2.05, 4.69) is 11.9 Å². The van der Waals surface area contributed by atoms with E-state index in [4.69, 9.17) is 0 Å². The van der Waals surface area contributed by atoms with Crippen molar-refractivity contribution in [3.8, 4) is 17.2 Å². The summed E-state index contributed by atoms with van der Waals surface area (Å²) in [5.41, 5.74) is 2.76. The number of carbonyl (C=O) groups excluding carboxylic acids is 2. The molecule has 170 valence electrons. The summed E-state index contributed by atoms with van der Waals surface area (Å²) in [6, 6.07) is 16.1. The van der Waals surface area contributed by atoms with Crippen molar-refractivity contribution in [3.63, 3.8) is 0 Å². The van der Waals surface area contributed by atoms with Gasteiger partial charge in [-0.25, -0.2) is 9.78 Å². The first-order valence-corrected chi connectivity index (χ1v) is 11.1. The number of carboxylic acids is 1. The van der Waals surface area contributed by atoms with Crippen molar-refractivity contribution in [1.29, 1.82) is 5.26 Å².